The van der Waals surface area contributed by atoms with Gasteiger partial charge in [0.05, 0.1) is 6.04 Å². The molecule has 0 saturated carbocycles. The fourth-order valence-corrected chi connectivity index (χ4v) is 4.99. The average molecular weight is 336 g/mol. The molecule has 1 amide bonds. The van der Waals surface area contributed by atoms with E-state index in [1.807, 2.05) is 4.90 Å². The van der Waals surface area contributed by atoms with Crippen molar-refractivity contribution in [1.29, 1.82) is 0 Å². The predicted octanol–water partition coefficient (Wildman–Crippen LogP) is 2.00. The maximum absolute atomic E-state index is 13.7. The van der Waals surface area contributed by atoms with E-state index in [4.69, 9.17) is 4.74 Å². The topological polar surface area (TPSA) is 32.8 Å². The number of amides is 1. The summed E-state index contributed by atoms with van der Waals surface area (Å²) in [5, 5.41) is 0. The van der Waals surface area contributed by atoms with Crippen LogP contribution in [-0.4, -0.2) is 61.1 Å². The number of hydrogen-bond donors (Lipinski definition) is 0. The number of fused-ring (bicyclic) bond motifs is 2. The molecule has 4 aliphatic rings. The molecule has 4 nitrogen and oxygen atoms in total. The van der Waals surface area contributed by atoms with Gasteiger partial charge in [-0.05, 0) is 49.5 Å². The van der Waals surface area contributed by atoms with Crippen molar-refractivity contribution in [3.05, 3.63) is 35.4 Å². The van der Waals surface area contributed by atoms with E-state index in [1.54, 1.807) is 0 Å². The van der Waals surface area contributed by atoms with E-state index in [9.17, 15) is 13.6 Å². The average Bonchev–Trinajstić information content (AvgIpc) is 2.98. The lowest BCUT2D eigenvalue weighted by Crippen LogP contribution is -2.61. The van der Waals surface area contributed by atoms with Gasteiger partial charge in [0.1, 0.15) is 18.2 Å². The molecule has 0 spiro atoms. The molecular weight excluding hydrogens is 314 g/mol. The fourth-order valence-electron chi connectivity index (χ4n) is 4.99. The van der Waals surface area contributed by atoms with Gasteiger partial charge in [-0.3, -0.25) is 9.69 Å². The SMILES string of the molecule is COCC(=O)N1C[C@@H](c2cc(F)cc(F)c2)[C@@H]2[C@H]1C1CCN2CC1. The maximum atomic E-state index is 13.7. The first-order chi connectivity index (χ1) is 11.6. The molecule has 4 aliphatic heterocycles. The molecule has 0 aromatic heterocycles. The molecular formula is C18H22F2N2O2. The second-order valence-electron chi connectivity index (χ2n) is 7.14. The Morgan fingerprint density at radius 2 is 1.83 bits per heavy atom. The van der Waals surface area contributed by atoms with Gasteiger partial charge in [-0.2, -0.15) is 0 Å². The van der Waals surface area contributed by atoms with Gasteiger partial charge in [-0.25, -0.2) is 8.78 Å². The zero-order valence-corrected chi connectivity index (χ0v) is 13.8. The Hall–Kier alpha value is -1.53. The summed E-state index contributed by atoms with van der Waals surface area (Å²) in [6.45, 7) is 2.58. The van der Waals surface area contributed by atoms with Gasteiger partial charge in [0.2, 0.25) is 5.91 Å². The summed E-state index contributed by atoms with van der Waals surface area (Å²) in [6.07, 6.45) is 2.17. The number of nitrogens with zero attached hydrogens (tertiary/aromatic N) is 2. The van der Waals surface area contributed by atoms with Crippen molar-refractivity contribution in [2.45, 2.75) is 30.8 Å². The summed E-state index contributed by atoms with van der Waals surface area (Å²) in [7, 11) is 1.52. The minimum atomic E-state index is -0.556. The Morgan fingerprint density at radius 3 is 2.46 bits per heavy atom. The molecule has 4 saturated heterocycles. The first kappa shape index (κ1) is 16.0. The third-order valence-electron chi connectivity index (χ3n) is 5.90. The van der Waals surface area contributed by atoms with Crippen molar-refractivity contribution in [2.24, 2.45) is 5.92 Å². The third kappa shape index (κ3) is 2.52. The fraction of sp³-hybridized carbons (Fsp3) is 0.611. The van der Waals surface area contributed by atoms with Crippen LogP contribution >= 0.6 is 0 Å². The van der Waals surface area contributed by atoms with E-state index in [1.165, 1.54) is 19.2 Å². The molecule has 0 aliphatic carbocycles. The molecule has 6 heteroatoms. The molecule has 130 valence electrons. The number of halogens is 2. The highest BCUT2D eigenvalue weighted by molar-refractivity contribution is 5.78. The normalized spacial score (nSPS) is 34.5. The number of carbonyl (C=O) groups excluding carboxylic acids is 1. The summed E-state index contributed by atoms with van der Waals surface area (Å²) in [5.41, 5.74) is 0.655. The molecule has 3 atom stereocenters. The Bertz CT molecular complexity index is 626. The van der Waals surface area contributed by atoms with Gasteiger partial charge >= 0.3 is 0 Å². The van der Waals surface area contributed by atoms with Crippen LogP contribution in [0.4, 0.5) is 8.78 Å². The molecule has 4 fully saturated rings. The van der Waals surface area contributed by atoms with Crippen LogP contribution in [0.3, 0.4) is 0 Å². The number of ether oxygens (including phenoxy) is 1. The molecule has 2 bridgehead atoms. The van der Waals surface area contributed by atoms with Gasteiger partial charge in [0.15, 0.2) is 0 Å². The molecule has 4 heterocycles. The summed E-state index contributed by atoms with van der Waals surface area (Å²) in [6, 6.07) is 4.01. The lowest BCUT2D eigenvalue weighted by Gasteiger charge is -2.51. The Labute approximate surface area is 140 Å². The second-order valence-corrected chi connectivity index (χ2v) is 7.14. The van der Waals surface area contributed by atoms with Crippen LogP contribution < -0.4 is 0 Å². The molecule has 0 N–H and O–H groups in total. The van der Waals surface area contributed by atoms with E-state index in [2.05, 4.69) is 4.90 Å². The Morgan fingerprint density at radius 1 is 1.17 bits per heavy atom. The van der Waals surface area contributed by atoms with Crippen molar-refractivity contribution in [3.8, 4) is 0 Å². The van der Waals surface area contributed by atoms with Crippen molar-refractivity contribution in [1.82, 2.24) is 9.80 Å². The van der Waals surface area contributed by atoms with E-state index in [-0.39, 0.29) is 30.5 Å². The van der Waals surface area contributed by atoms with Crippen LogP contribution in [0, 0.1) is 17.6 Å². The molecule has 1 aromatic rings. The van der Waals surface area contributed by atoms with E-state index in [0.29, 0.717) is 18.0 Å². The molecule has 0 radical (unpaired) electrons. The minimum absolute atomic E-state index is 0.0272. The van der Waals surface area contributed by atoms with E-state index in [0.717, 1.165) is 32.0 Å². The monoisotopic (exact) mass is 336 g/mol. The van der Waals surface area contributed by atoms with Crippen molar-refractivity contribution < 1.29 is 18.3 Å². The van der Waals surface area contributed by atoms with Crippen LogP contribution in [0.2, 0.25) is 0 Å². The zero-order valence-electron chi connectivity index (χ0n) is 13.8. The zero-order chi connectivity index (χ0) is 16.8. The number of rotatable bonds is 3. The van der Waals surface area contributed by atoms with Crippen LogP contribution in [0.1, 0.15) is 24.3 Å². The smallest absolute Gasteiger partial charge is 0.248 e. The van der Waals surface area contributed by atoms with Crippen LogP contribution in [0.15, 0.2) is 18.2 Å². The lowest BCUT2D eigenvalue weighted by atomic mass is 9.75. The molecule has 5 rings (SSSR count). The number of likely N-dealkylation sites (tertiary alicyclic amines) is 1. The largest absolute Gasteiger partial charge is 0.375 e. The minimum Gasteiger partial charge on any atom is -0.375 e. The number of methoxy groups -OCH3 is 1. The highest BCUT2D eigenvalue weighted by Crippen LogP contribution is 2.46. The quantitative estimate of drug-likeness (QED) is 0.846. The highest BCUT2D eigenvalue weighted by Gasteiger charge is 2.54. The van der Waals surface area contributed by atoms with Crippen LogP contribution in [-0.2, 0) is 9.53 Å². The summed E-state index contributed by atoms with van der Waals surface area (Å²) < 4.78 is 32.5. The van der Waals surface area contributed by atoms with Crippen LogP contribution in [0.5, 0.6) is 0 Å². The number of piperidine rings is 3. The Balaban J connectivity index is 1.71. The number of benzene rings is 1. The first-order valence-corrected chi connectivity index (χ1v) is 8.57. The third-order valence-corrected chi connectivity index (χ3v) is 5.90. The van der Waals surface area contributed by atoms with E-state index < -0.39 is 11.6 Å². The number of hydrogen-bond acceptors (Lipinski definition) is 3. The summed E-state index contributed by atoms with van der Waals surface area (Å²) in [5.74, 6) is -0.715. The number of carbonyl (C=O) groups is 1. The van der Waals surface area contributed by atoms with Gasteiger partial charge in [-0.15, -0.1) is 0 Å². The standard InChI is InChI=1S/C18H22F2N2O2/c1-24-10-16(23)22-9-15(12-6-13(19)8-14(20)7-12)18-17(22)11-2-4-21(18)5-3-11/h6-8,11,15,17-18H,2-5,9-10H2,1H3/t15-,17+,18+/m0/s1. The summed E-state index contributed by atoms with van der Waals surface area (Å²) in [4.78, 5) is 16.8. The predicted molar refractivity (Wildman–Crippen MR) is 84.6 cm³/mol. The van der Waals surface area contributed by atoms with Gasteiger partial charge < -0.3 is 9.64 Å². The maximum Gasteiger partial charge on any atom is 0.248 e. The molecule has 1 aromatic carbocycles. The van der Waals surface area contributed by atoms with E-state index >= 15 is 0 Å². The van der Waals surface area contributed by atoms with Crippen LogP contribution in [0.25, 0.3) is 0 Å². The van der Waals surface area contributed by atoms with Gasteiger partial charge in [0.25, 0.3) is 0 Å². The summed E-state index contributed by atoms with van der Waals surface area (Å²) >= 11 is 0. The van der Waals surface area contributed by atoms with Gasteiger partial charge in [0, 0.05) is 31.7 Å². The molecule has 24 heavy (non-hydrogen) atoms. The van der Waals surface area contributed by atoms with Crippen molar-refractivity contribution >= 4 is 5.91 Å². The van der Waals surface area contributed by atoms with Gasteiger partial charge in [-0.1, -0.05) is 0 Å². The highest BCUT2D eigenvalue weighted by atomic mass is 19.1. The Kier molecular flexibility index (Phi) is 4.04. The first-order valence-electron chi connectivity index (χ1n) is 8.57. The second kappa shape index (κ2) is 6.08. The molecule has 0 unspecified atom stereocenters. The lowest BCUT2D eigenvalue weighted by molar-refractivity contribution is -0.139. The van der Waals surface area contributed by atoms with Crippen molar-refractivity contribution in [3.63, 3.8) is 0 Å². The van der Waals surface area contributed by atoms with Crippen molar-refractivity contribution in [2.75, 3.05) is 33.4 Å².